The number of hydrogen-bond acceptors (Lipinski definition) is 7. The van der Waals surface area contributed by atoms with Crippen molar-refractivity contribution >= 4 is 28.3 Å². The lowest BCUT2D eigenvalue weighted by molar-refractivity contribution is 0.0603. The molecule has 0 saturated heterocycles. The highest BCUT2D eigenvalue weighted by Crippen LogP contribution is 2.27. The number of H-pyrrole nitrogens is 1. The molecule has 0 saturated carbocycles. The molecule has 2 rings (SSSR count). The highest BCUT2D eigenvalue weighted by atomic mass is 32.1. The molecule has 0 aliphatic rings. The molecule has 0 unspecified atom stereocenters. The van der Waals surface area contributed by atoms with E-state index in [0.29, 0.717) is 11.5 Å². The number of esters is 1. The third-order valence-electron chi connectivity index (χ3n) is 2.10. The van der Waals surface area contributed by atoms with E-state index >= 15 is 0 Å². The maximum Gasteiger partial charge on any atom is 0.344 e. The van der Waals surface area contributed by atoms with Crippen molar-refractivity contribution < 1.29 is 9.53 Å². The highest BCUT2D eigenvalue weighted by Gasteiger charge is 2.19. The normalized spacial score (nSPS) is 10.2. The van der Waals surface area contributed by atoms with E-state index in [1.807, 2.05) is 0 Å². The van der Waals surface area contributed by atoms with Gasteiger partial charge in [0.15, 0.2) is 5.82 Å². The molecule has 2 aromatic rings. The molecule has 0 aliphatic carbocycles. The summed E-state index contributed by atoms with van der Waals surface area (Å²) in [5.41, 5.74) is 6.78. The molecule has 0 amide bonds. The van der Waals surface area contributed by atoms with Crippen LogP contribution in [-0.4, -0.2) is 27.4 Å². The Balaban J connectivity index is 2.13. The van der Waals surface area contributed by atoms with E-state index in [9.17, 15) is 4.79 Å². The van der Waals surface area contributed by atoms with Crippen LogP contribution in [0.15, 0.2) is 12.5 Å². The molecule has 0 radical (unpaired) electrons. The molecule has 0 bridgehead atoms. The van der Waals surface area contributed by atoms with E-state index in [2.05, 4.69) is 24.4 Å². The van der Waals surface area contributed by atoms with E-state index in [4.69, 9.17) is 5.73 Å². The van der Waals surface area contributed by atoms with Crippen LogP contribution in [0.3, 0.4) is 0 Å². The predicted molar refractivity (Wildman–Crippen MR) is 63.8 cm³/mol. The minimum Gasteiger partial charge on any atom is -0.465 e. The Kier molecular flexibility index (Phi) is 3.24. The van der Waals surface area contributed by atoms with Crippen LogP contribution in [0.5, 0.6) is 0 Å². The first-order chi connectivity index (χ1) is 8.22. The number of aromatic amines is 1. The zero-order chi connectivity index (χ0) is 12.3. The number of carbonyl (C=O) groups is 1. The summed E-state index contributed by atoms with van der Waals surface area (Å²) in [6.45, 7) is 0.506. The largest absolute Gasteiger partial charge is 0.465 e. The van der Waals surface area contributed by atoms with Gasteiger partial charge in [-0.25, -0.2) is 9.78 Å². The molecule has 8 heteroatoms. The molecule has 17 heavy (non-hydrogen) atoms. The molecule has 7 nitrogen and oxygen atoms in total. The zero-order valence-electron chi connectivity index (χ0n) is 9.06. The van der Waals surface area contributed by atoms with E-state index in [1.165, 1.54) is 7.11 Å². The Hall–Kier alpha value is -2.09. The minimum atomic E-state index is -0.497. The lowest BCUT2D eigenvalue weighted by atomic mass is 10.3. The van der Waals surface area contributed by atoms with Gasteiger partial charge in [0.1, 0.15) is 10.6 Å². The van der Waals surface area contributed by atoms with Gasteiger partial charge in [-0.2, -0.15) is 4.37 Å². The van der Waals surface area contributed by atoms with Gasteiger partial charge in [-0.05, 0) is 11.5 Å². The number of hydrogen-bond donors (Lipinski definition) is 3. The number of nitrogen functional groups attached to an aromatic ring is 1. The second-order valence-electron chi connectivity index (χ2n) is 3.19. The van der Waals surface area contributed by atoms with Gasteiger partial charge >= 0.3 is 5.97 Å². The lowest BCUT2D eigenvalue weighted by Crippen LogP contribution is -2.08. The number of rotatable bonds is 4. The maximum atomic E-state index is 11.5. The van der Waals surface area contributed by atoms with Crippen molar-refractivity contribution in [3.05, 3.63) is 23.8 Å². The van der Waals surface area contributed by atoms with Gasteiger partial charge in [-0.15, -0.1) is 0 Å². The number of ether oxygens (including phenoxy) is 1. The number of imidazole rings is 1. The van der Waals surface area contributed by atoms with Crippen LogP contribution in [0.4, 0.5) is 10.8 Å². The zero-order valence-corrected chi connectivity index (χ0v) is 9.87. The van der Waals surface area contributed by atoms with E-state index in [1.54, 1.807) is 12.5 Å². The van der Waals surface area contributed by atoms with Crippen molar-refractivity contribution in [3.63, 3.8) is 0 Å². The second kappa shape index (κ2) is 4.83. The smallest absolute Gasteiger partial charge is 0.344 e. The van der Waals surface area contributed by atoms with Gasteiger partial charge < -0.3 is 20.8 Å². The Morgan fingerprint density at radius 3 is 3.18 bits per heavy atom. The Morgan fingerprint density at radius 1 is 1.71 bits per heavy atom. The third kappa shape index (κ3) is 2.36. The minimum absolute atomic E-state index is 0.175. The lowest BCUT2D eigenvalue weighted by Gasteiger charge is -2.04. The predicted octanol–water partition coefficient (Wildman–Crippen LogP) is 0.847. The van der Waals surface area contributed by atoms with Crippen LogP contribution in [-0.2, 0) is 11.3 Å². The van der Waals surface area contributed by atoms with Gasteiger partial charge in [0.25, 0.3) is 0 Å². The summed E-state index contributed by atoms with van der Waals surface area (Å²) in [5.74, 6) is -0.322. The van der Waals surface area contributed by atoms with Crippen LogP contribution in [0.2, 0.25) is 0 Å². The standard InChI is InChI=1S/C9H11N5O2S/c1-16-9(15)6-7(10)14-17-8(6)12-3-5-2-11-4-13-5/h2,4,12H,3H2,1H3,(H2,10,14)(H,11,13). The molecule has 0 fully saturated rings. The second-order valence-corrected chi connectivity index (χ2v) is 3.97. The van der Waals surface area contributed by atoms with Gasteiger partial charge in [0.05, 0.1) is 25.7 Å². The van der Waals surface area contributed by atoms with Crippen molar-refractivity contribution in [2.75, 3.05) is 18.2 Å². The topological polar surface area (TPSA) is 106 Å². The van der Waals surface area contributed by atoms with E-state index < -0.39 is 5.97 Å². The van der Waals surface area contributed by atoms with Crippen molar-refractivity contribution in [2.24, 2.45) is 0 Å². The van der Waals surface area contributed by atoms with Gasteiger partial charge in [0.2, 0.25) is 0 Å². The summed E-state index contributed by atoms with van der Waals surface area (Å²) < 4.78 is 8.56. The quantitative estimate of drug-likeness (QED) is 0.697. The number of carbonyl (C=O) groups excluding carboxylic acids is 1. The number of nitrogens with zero attached hydrogens (tertiary/aromatic N) is 2. The van der Waals surface area contributed by atoms with Crippen molar-refractivity contribution in [1.29, 1.82) is 0 Å². The molecule has 90 valence electrons. The molecular formula is C9H11N5O2S. The van der Waals surface area contributed by atoms with E-state index in [0.717, 1.165) is 17.2 Å². The molecule has 2 heterocycles. The summed E-state index contributed by atoms with van der Waals surface area (Å²) in [6.07, 6.45) is 3.27. The van der Waals surface area contributed by atoms with Crippen molar-refractivity contribution in [2.45, 2.75) is 6.54 Å². The van der Waals surface area contributed by atoms with Crippen molar-refractivity contribution in [3.8, 4) is 0 Å². The summed E-state index contributed by atoms with van der Waals surface area (Å²) >= 11 is 1.12. The summed E-state index contributed by atoms with van der Waals surface area (Å²) in [7, 11) is 1.30. The fourth-order valence-corrected chi connectivity index (χ4v) is 1.98. The monoisotopic (exact) mass is 253 g/mol. The summed E-state index contributed by atoms with van der Waals surface area (Å²) in [5, 5.41) is 3.64. The molecule has 0 aromatic carbocycles. The van der Waals surface area contributed by atoms with E-state index in [-0.39, 0.29) is 11.4 Å². The van der Waals surface area contributed by atoms with Crippen LogP contribution in [0.1, 0.15) is 16.1 Å². The number of methoxy groups -OCH3 is 1. The Bertz CT molecular complexity index is 507. The number of nitrogens with one attached hydrogen (secondary N) is 2. The number of nitrogens with two attached hydrogens (primary N) is 1. The van der Waals surface area contributed by atoms with Gasteiger partial charge in [-0.3, -0.25) is 0 Å². The summed E-state index contributed by atoms with van der Waals surface area (Å²) in [6, 6.07) is 0. The molecule has 0 aliphatic heterocycles. The SMILES string of the molecule is COC(=O)c1c(N)nsc1NCc1cnc[nH]1. The van der Waals surface area contributed by atoms with Gasteiger partial charge in [0, 0.05) is 6.20 Å². The van der Waals surface area contributed by atoms with Crippen LogP contribution < -0.4 is 11.1 Å². The van der Waals surface area contributed by atoms with Gasteiger partial charge in [-0.1, -0.05) is 0 Å². The molecular weight excluding hydrogens is 242 g/mol. The first-order valence-electron chi connectivity index (χ1n) is 4.77. The molecule has 0 spiro atoms. The average molecular weight is 253 g/mol. The van der Waals surface area contributed by atoms with Crippen LogP contribution in [0.25, 0.3) is 0 Å². The maximum absolute atomic E-state index is 11.5. The number of aromatic nitrogens is 3. The first kappa shape index (κ1) is 11.4. The molecule has 2 aromatic heterocycles. The van der Waals surface area contributed by atoms with Crippen LogP contribution in [0, 0.1) is 0 Å². The van der Waals surface area contributed by atoms with Crippen LogP contribution >= 0.6 is 11.5 Å². The number of anilines is 2. The molecule has 4 N–H and O–H groups in total. The average Bonchev–Trinajstić information content (AvgIpc) is 2.95. The first-order valence-corrected chi connectivity index (χ1v) is 5.54. The Morgan fingerprint density at radius 2 is 2.53 bits per heavy atom. The highest BCUT2D eigenvalue weighted by molar-refractivity contribution is 7.11. The Labute approximate surface area is 101 Å². The summed E-state index contributed by atoms with van der Waals surface area (Å²) in [4.78, 5) is 18.3. The molecule has 0 atom stereocenters. The fourth-order valence-electron chi connectivity index (χ4n) is 1.28. The van der Waals surface area contributed by atoms with Crippen molar-refractivity contribution in [1.82, 2.24) is 14.3 Å². The third-order valence-corrected chi connectivity index (χ3v) is 2.92. The fraction of sp³-hybridized carbons (Fsp3) is 0.222.